The van der Waals surface area contributed by atoms with Crippen molar-refractivity contribution in [2.75, 3.05) is 25.3 Å². The number of hydrogen-bond donors (Lipinski definition) is 0. The van der Waals surface area contributed by atoms with Crippen molar-refractivity contribution in [1.29, 1.82) is 0 Å². The van der Waals surface area contributed by atoms with E-state index in [1.807, 2.05) is 6.92 Å². The number of nitrogens with zero attached hydrogens (tertiary/aromatic N) is 2. The summed E-state index contributed by atoms with van der Waals surface area (Å²) in [7, 11) is 1.40. The zero-order valence-corrected chi connectivity index (χ0v) is 14.9. The lowest BCUT2D eigenvalue weighted by molar-refractivity contribution is -0.385. The van der Waals surface area contributed by atoms with E-state index in [4.69, 9.17) is 9.47 Å². The van der Waals surface area contributed by atoms with Crippen LogP contribution in [-0.4, -0.2) is 53.4 Å². The maximum atomic E-state index is 12.7. The second-order valence-corrected chi connectivity index (χ2v) is 6.46. The number of carbonyl (C=O) groups excluding carboxylic acids is 2. The molecule has 0 aliphatic carbocycles. The van der Waals surface area contributed by atoms with Crippen LogP contribution in [0.25, 0.3) is 0 Å². The molecule has 1 amide bonds. The van der Waals surface area contributed by atoms with Gasteiger partial charge >= 0.3 is 0 Å². The molecule has 0 bridgehead atoms. The highest BCUT2D eigenvalue weighted by Crippen LogP contribution is 2.36. The minimum Gasteiger partial charge on any atom is -0.493 e. The number of amides is 1. The fourth-order valence-corrected chi connectivity index (χ4v) is 3.52. The molecular formula is C16H20N2O6S. The van der Waals surface area contributed by atoms with E-state index in [-0.39, 0.29) is 22.7 Å². The number of carbonyl (C=O) groups is 2. The molecule has 8 nitrogen and oxygen atoms in total. The Labute approximate surface area is 149 Å². The first-order valence-electron chi connectivity index (χ1n) is 7.86. The molecule has 136 valence electrons. The molecule has 1 aromatic carbocycles. The largest absolute Gasteiger partial charge is 0.493 e. The average Bonchev–Trinajstić information content (AvgIpc) is 3.09. The summed E-state index contributed by atoms with van der Waals surface area (Å²) in [5, 5.41) is 11.4. The van der Waals surface area contributed by atoms with Crippen molar-refractivity contribution in [1.82, 2.24) is 4.90 Å². The summed E-state index contributed by atoms with van der Waals surface area (Å²) in [6.45, 7) is 2.40. The van der Waals surface area contributed by atoms with Crippen LogP contribution in [0.3, 0.4) is 0 Å². The van der Waals surface area contributed by atoms with Crippen LogP contribution in [-0.2, 0) is 4.79 Å². The van der Waals surface area contributed by atoms with E-state index in [2.05, 4.69) is 0 Å². The monoisotopic (exact) mass is 368 g/mol. The molecule has 0 unspecified atom stereocenters. The highest BCUT2D eigenvalue weighted by Gasteiger charge is 2.34. The molecular weight excluding hydrogens is 348 g/mol. The lowest BCUT2D eigenvalue weighted by Crippen LogP contribution is -2.37. The molecule has 2 rings (SSSR count). The predicted molar refractivity (Wildman–Crippen MR) is 93.4 cm³/mol. The van der Waals surface area contributed by atoms with Gasteiger partial charge in [-0.25, -0.2) is 0 Å². The second-order valence-electron chi connectivity index (χ2n) is 5.46. The topological polar surface area (TPSA) is 99.0 Å². The number of nitro benzene ring substituents is 1. The van der Waals surface area contributed by atoms with Gasteiger partial charge in [0.15, 0.2) is 11.5 Å². The van der Waals surface area contributed by atoms with Crippen molar-refractivity contribution in [3.63, 3.8) is 0 Å². The maximum Gasteiger partial charge on any atom is 0.286 e. The zero-order chi connectivity index (χ0) is 18.4. The Hall–Kier alpha value is -2.29. The van der Waals surface area contributed by atoms with Crippen molar-refractivity contribution in [2.24, 2.45) is 0 Å². The summed E-state index contributed by atoms with van der Waals surface area (Å²) in [5.74, 6) is 0.711. The predicted octanol–water partition coefficient (Wildman–Crippen LogP) is 2.50. The number of rotatable bonds is 8. The molecule has 9 heteroatoms. The quantitative estimate of drug-likeness (QED) is 0.301. The van der Waals surface area contributed by atoms with E-state index in [0.29, 0.717) is 24.5 Å². The van der Waals surface area contributed by atoms with Crippen molar-refractivity contribution < 1.29 is 24.0 Å². The van der Waals surface area contributed by atoms with Crippen LogP contribution in [0, 0.1) is 10.1 Å². The van der Waals surface area contributed by atoms with Crippen LogP contribution in [0.5, 0.6) is 11.5 Å². The molecule has 1 aliphatic rings. The number of thioether (sulfide) groups is 1. The van der Waals surface area contributed by atoms with Crippen molar-refractivity contribution >= 4 is 29.6 Å². The first kappa shape index (κ1) is 19.0. The molecule has 1 saturated heterocycles. The van der Waals surface area contributed by atoms with Gasteiger partial charge in [0.1, 0.15) is 11.8 Å². The number of ether oxygens (including phenoxy) is 2. The molecule has 25 heavy (non-hydrogen) atoms. The highest BCUT2D eigenvalue weighted by molar-refractivity contribution is 7.99. The number of aldehydes is 1. The minimum absolute atomic E-state index is 0.112. The maximum absolute atomic E-state index is 12.7. The third kappa shape index (κ3) is 4.22. The summed E-state index contributed by atoms with van der Waals surface area (Å²) < 4.78 is 10.8. The number of hydrogen-bond acceptors (Lipinski definition) is 7. The van der Waals surface area contributed by atoms with Gasteiger partial charge in [0.05, 0.1) is 36.6 Å². The van der Waals surface area contributed by atoms with Crippen LogP contribution in [0.2, 0.25) is 0 Å². The zero-order valence-electron chi connectivity index (χ0n) is 14.1. The molecule has 1 heterocycles. The molecule has 1 fully saturated rings. The Morgan fingerprint density at radius 1 is 1.48 bits per heavy atom. The fourth-order valence-electron chi connectivity index (χ4n) is 2.40. The van der Waals surface area contributed by atoms with Gasteiger partial charge < -0.3 is 19.2 Å². The van der Waals surface area contributed by atoms with Gasteiger partial charge in [-0.05, 0) is 6.42 Å². The van der Waals surface area contributed by atoms with E-state index < -0.39 is 16.9 Å². The van der Waals surface area contributed by atoms with E-state index in [1.165, 1.54) is 35.9 Å². The minimum atomic E-state index is -0.627. The van der Waals surface area contributed by atoms with Crippen LogP contribution in [0.15, 0.2) is 12.1 Å². The summed E-state index contributed by atoms with van der Waals surface area (Å²) in [6.07, 6.45) is 2.40. The Morgan fingerprint density at radius 2 is 2.24 bits per heavy atom. The van der Waals surface area contributed by atoms with E-state index in [9.17, 15) is 19.7 Å². The van der Waals surface area contributed by atoms with Gasteiger partial charge in [-0.1, -0.05) is 13.3 Å². The average molecular weight is 368 g/mol. The first-order chi connectivity index (χ1) is 12.0. The Bertz CT molecular complexity index is 666. The molecule has 0 N–H and O–H groups in total. The third-order valence-electron chi connectivity index (χ3n) is 3.80. The van der Waals surface area contributed by atoms with Crippen molar-refractivity contribution in [2.45, 2.75) is 25.8 Å². The fraction of sp³-hybridized carbons (Fsp3) is 0.500. The molecule has 0 radical (unpaired) electrons. The Morgan fingerprint density at radius 3 is 2.84 bits per heavy atom. The van der Waals surface area contributed by atoms with Gasteiger partial charge in [-0.2, -0.15) is 0 Å². The van der Waals surface area contributed by atoms with Crippen LogP contribution >= 0.6 is 11.8 Å². The van der Waals surface area contributed by atoms with Gasteiger partial charge in [-0.15, -0.1) is 11.8 Å². The summed E-state index contributed by atoms with van der Waals surface area (Å²) in [5.41, 5.74) is -0.474. The smallest absolute Gasteiger partial charge is 0.286 e. The number of nitro groups is 1. The molecule has 0 saturated carbocycles. The Balaban J connectivity index is 2.40. The Kier molecular flexibility index (Phi) is 6.63. The number of unbranched alkanes of at least 4 members (excludes halogenated alkanes) is 1. The summed E-state index contributed by atoms with van der Waals surface area (Å²) in [4.78, 5) is 36.0. The van der Waals surface area contributed by atoms with Crippen LogP contribution in [0.1, 0.15) is 30.1 Å². The van der Waals surface area contributed by atoms with E-state index in [0.717, 1.165) is 12.8 Å². The van der Waals surface area contributed by atoms with Gasteiger partial charge in [0.25, 0.3) is 11.6 Å². The van der Waals surface area contributed by atoms with Gasteiger partial charge in [0.2, 0.25) is 0 Å². The lowest BCUT2D eigenvalue weighted by Gasteiger charge is -2.20. The second kappa shape index (κ2) is 8.70. The van der Waals surface area contributed by atoms with Gasteiger partial charge in [0, 0.05) is 11.8 Å². The molecule has 1 atom stereocenters. The van der Waals surface area contributed by atoms with E-state index >= 15 is 0 Å². The molecule has 1 aromatic rings. The molecule has 0 spiro atoms. The van der Waals surface area contributed by atoms with Crippen molar-refractivity contribution in [3.8, 4) is 11.5 Å². The van der Waals surface area contributed by atoms with Crippen molar-refractivity contribution in [3.05, 3.63) is 27.8 Å². The van der Waals surface area contributed by atoms with Crippen LogP contribution in [0.4, 0.5) is 5.69 Å². The third-order valence-corrected chi connectivity index (χ3v) is 4.84. The van der Waals surface area contributed by atoms with E-state index in [1.54, 1.807) is 0 Å². The molecule has 0 aromatic heterocycles. The van der Waals surface area contributed by atoms with Crippen LogP contribution < -0.4 is 9.47 Å². The van der Waals surface area contributed by atoms with Gasteiger partial charge in [-0.3, -0.25) is 14.9 Å². The SMILES string of the molecule is CCCCOc1cc([N+](=O)[O-])c(C(=O)N2CSC[C@H]2C=O)cc1OC. The summed E-state index contributed by atoms with van der Waals surface area (Å²) in [6, 6.07) is 1.94. The first-order valence-corrected chi connectivity index (χ1v) is 9.02. The lowest BCUT2D eigenvalue weighted by atomic mass is 10.1. The number of benzene rings is 1. The molecule has 1 aliphatic heterocycles. The standard InChI is InChI=1S/C16H20N2O6S/c1-3-4-5-24-15-7-13(18(21)22)12(6-14(15)23-2)16(20)17-10-25-9-11(17)8-19/h6-8,11H,3-5,9-10H2,1-2H3/t11-/m1/s1. The normalized spacial score (nSPS) is 16.6. The summed E-state index contributed by atoms with van der Waals surface area (Å²) >= 11 is 1.43. The number of methoxy groups -OCH3 is 1. The highest BCUT2D eigenvalue weighted by atomic mass is 32.2.